The highest BCUT2D eigenvalue weighted by Crippen LogP contribution is 2.35. The molecular formula is C27H30N2O3. The van der Waals surface area contributed by atoms with E-state index in [1.807, 2.05) is 60.7 Å². The predicted molar refractivity (Wildman–Crippen MR) is 126 cm³/mol. The van der Waals surface area contributed by atoms with Gasteiger partial charge in [0.15, 0.2) is 0 Å². The highest BCUT2D eigenvalue weighted by atomic mass is 16.3. The van der Waals surface area contributed by atoms with Crippen LogP contribution in [0.1, 0.15) is 55.7 Å². The van der Waals surface area contributed by atoms with Crippen LogP contribution in [-0.2, 0) is 9.59 Å². The second kappa shape index (κ2) is 10.3. The lowest BCUT2D eigenvalue weighted by atomic mass is 9.87. The van der Waals surface area contributed by atoms with Crippen molar-refractivity contribution in [1.29, 1.82) is 0 Å². The van der Waals surface area contributed by atoms with Crippen LogP contribution in [0.4, 0.5) is 0 Å². The molecule has 4 rings (SSSR count). The molecule has 5 nitrogen and oxygen atoms in total. The van der Waals surface area contributed by atoms with E-state index in [2.05, 4.69) is 10.6 Å². The minimum atomic E-state index is -0.537. The van der Waals surface area contributed by atoms with Crippen LogP contribution in [-0.4, -0.2) is 23.5 Å². The van der Waals surface area contributed by atoms with Gasteiger partial charge in [0.05, 0.1) is 12.6 Å². The van der Waals surface area contributed by atoms with Gasteiger partial charge in [-0.3, -0.25) is 9.59 Å². The number of aromatic hydroxyl groups is 1. The third-order valence-electron chi connectivity index (χ3n) is 6.32. The standard InChI is InChI=1S/C27H30N2O3/c30-23-16-15-20-11-7-8-14-22(20)26(23)27(21-12-5-2-6-13-21)29-25(32)18-28-24(31)17-19-9-3-1-4-10-19/h2,5-8,11-16,19,27,30H,1,3-4,9-10,17-18H2,(H,28,31)(H,29,32). The molecule has 1 unspecified atom stereocenters. The molecule has 0 aliphatic heterocycles. The van der Waals surface area contributed by atoms with Gasteiger partial charge in [-0.15, -0.1) is 0 Å². The summed E-state index contributed by atoms with van der Waals surface area (Å²) in [6.45, 7) is -0.0829. The number of amides is 2. The predicted octanol–water partition coefficient (Wildman–Crippen LogP) is 4.84. The van der Waals surface area contributed by atoms with Crippen molar-refractivity contribution >= 4 is 22.6 Å². The molecule has 0 heterocycles. The van der Waals surface area contributed by atoms with Gasteiger partial charge in [0, 0.05) is 12.0 Å². The summed E-state index contributed by atoms with van der Waals surface area (Å²) in [5.74, 6) is 0.190. The largest absolute Gasteiger partial charge is 0.508 e. The van der Waals surface area contributed by atoms with Crippen molar-refractivity contribution in [3.63, 3.8) is 0 Å². The third kappa shape index (κ3) is 5.28. The number of fused-ring (bicyclic) bond motifs is 1. The van der Waals surface area contributed by atoms with Crippen molar-refractivity contribution < 1.29 is 14.7 Å². The molecule has 0 aromatic heterocycles. The van der Waals surface area contributed by atoms with Crippen molar-refractivity contribution in [2.75, 3.05) is 6.54 Å². The van der Waals surface area contributed by atoms with Crippen LogP contribution in [0.25, 0.3) is 10.8 Å². The van der Waals surface area contributed by atoms with Gasteiger partial charge in [-0.25, -0.2) is 0 Å². The molecule has 166 valence electrons. The zero-order valence-corrected chi connectivity index (χ0v) is 18.2. The Morgan fingerprint density at radius 1 is 0.875 bits per heavy atom. The van der Waals surface area contributed by atoms with Crippen LogP contribution in [0, 0.1) is 5.92 Å². The third-order valence-corrected chi connectivity index (χ3v) is 6.32. The second-order valence-electron chi connectivity index (χ2n) is 8.62. The maximum atomic E-state index is 12.8. The van der Waals surface area contributed by atoms with Crippen LogP contribution >= 0.6 is 0 Å². The average molecular weight is 431 g/mol. The topological polar surface area (TPSA) is 78.4 Å². The lowest BCUT2D eigenvalue weighted by Crippen LogP contribution is -2.39. The first-order valence-corrected chi connectivity index (χ1v) is 11.4. The zero-order chi connectivity index (χ0) is 22.3. The molecule has 3 aromatic carbocycles. The van der Waals surface area contributed by atoms with E-state index >= 15 is 0 Å². The van der Waals surface area contributed by atoms with E-state index in [0.717, 1.165) is 29.2 Å². The number of benzene rings is 3. The van der Waals surface area contributed by atoms with Crippen molar-refractivity contribution in [2.24, 2.45) is 5.92 Å². The fourth-order valence-corrected chi connectivity index (χ4v) is 4.67. The normalized spacial score (nSPS) is 15.2. The smallest absolute Gasteiger partial charge is 0.240 e. The Bertz CT molecular complexity index is 1070. The summed E-state index contributed by atoms with van der Waals surface area (Å²) < 4.78 is 0. The minimum Gasteiger partial charge on any atom is -0.508 e. The molecule has 0 radical (unpaired) electrons. The van der Waals surface area contributed by atoms with Gasteiger partial charge in [0.25, 0.3) is 0 Å². The number of phenols is 1. The molecule has 1 atom stereocenters. The molecule has 0 spiro atoms. The zero-order valence-electron chi connectivity index (χ0n) is 18.2. The van der Waals surface area contributed by atoms with Crippen LogP contribution in [0.5, 0.6) is 5.75 Å². The van der Waals surface area contributed by atoms with Crippen LogP contribution in [0.3, 0.4) is 0 Å². The molecule has 3 aromatic rings. The van der Waals surface area contributed by atoms with E-state index in [1.165, 1.54) is 19.3 Å². The van der Waals surface area contributed by atoms with Crippen LogP contribution in [0.2, 0.25) is 0 Å². The molecule has 1 saturated carbocycles. The Kier molecular flexibility index (Phi) is 7.05. The Hall–Kier alpha value is -3.34. The second-order valence-corrected chi connectivity index (χ2v) is 8.62. The summed E-state index contributed by atoms with van der Waals surface area (Å²) in [5.41, 5.74) is 1.51. The lowest BCUT2D eigenvalue weighted by molar-refractivity contribution is -0.127. The van der Waals surface area contributed by atoms with Gasteiger partial charge in [0.1, 0.15) is 5.75 Å². The number of rotatable bonds is 7. The summed E-state index contributed by atoms with van der Waals surface area (Å²) in [7, 11) is 0. The van der Waals surface area contributed by atoms with Gasteiger partial charge in [-0.1, -0.05) is 79.9 Å². The molecule has 0 bridgehead atoms. The first-order chi connectivity index (χ1) is 15.6. The molecule has 32 heavy (non-hydrogen) atoms. The van der Waals surface area contributed by atoms with E-state index in [-0.39, 0.29) is 24.1 Å². The Labute approximate surface area is 188 Å². The molecule has 0 saturated heterocycles. The SMILES string of the molecule is O=C(CC1CCCCC1)NCC(=O)NC(c1ccccc1)c1c(O)ccc2ccccc12. The summed E-state index contributed by atoms with van der Waals surface area (Å²) >= 11 is 0. The van der Waals surface area contributed by atoms with Crippen molar-refractivity contribution in [3.8, 4) is 5.75 Å². The molecule has 1 fully saturated rings. The molecule has 1 aliphatic carbocycles. The Morgan fingerprint density at radius 2 is 1.59 bits per heavy atom. The number of carbonyl (C=O) groups excluding carboxylic acids is 2. The van der Waals surface area contributed by atoms with Gasteiger partial charge in [-0.05, 0) is 41.2 Å². The Morgan fingerprint density at radius 3 is 2.38 bits per heavy atom. The Balaban J connectivity index is 1.51. The molecular weight excluding hydrogens is 400 g/mol. The van der Waals surface area contributed by atoms with Gasteiger partial charge >= 0.3 is 0 Å². The van der Waals surface area contributed by atoms with E-state index in [0.29, 0.717) is 17.9 Å². The molecule has 5 heteroatoms. The van der Waals surface area contributed by atoms with Gasteiger partial charge < -0.3 is 15.7 Å². The summed E-state index contributed by atoms with van der Waals surface area (Å²) in [4.78, 5) is 25.2. The molecule has 2 amide bonds. The fraction of sp³-hybridized carbons (Fsp3) is 0.333. The van der Waals surface area contributed by atoms with Crippen LogP contribution in [0.15, 0.2) is 66.7 Å². The number of nitrogens with one attached hydrogen (secondary N) is 2. The van der Waals surface area contributed by atoms with Crippen LogP contribution < -0.4 is 10.6 Å². The number of phenolic OH excluding ortho intramolecular Hbond substituents is 1. The number of hydrogen-bond acceptors (Lipinski definition) is 3. The maximum Gasteiger partial charge on any atom is 0.240 e. The maximum absolute atomic E-state index is 12.8. The highest BCUT2D eigenvalue weighted by Gasteiger charge is 2.23. The van der Waals surface area contributed by atoms with E-state index < -0.39 is 6.04 Å². The first-order valence-electron chi connectivity index (χ1n) is 11.4. The van der Waals surface area contributed by atoms with Crippen molar-refractivity contribution in [1.82, 2.24) is 10.6 Å². The minimum absolute atomic E-state index is 0.0729. The average Bonchev–Trinajstić information content (AvgIpc) is 2.83. The number of hydrogen-bond donors (Lipinski definition) is 3. The molecule has 3 N–H and O–H groups in total. The summed E-state index contributed by atoms with van der Waals surface area (Å²) in [6.07, 6.45) is 6.30. The monoisotopic (exact) mass is 430 g/mol. The molecule has 1 aliphatic rings. The lowest BCUT2D eigenvalue weighted by Gasteiger charge is -2.23. The summed E-state index contributed by atoms with van der Waals surface area (Å²) in [5, 5.41) is 18.4. The fourth-order valence-electron chi connectivity index (χ4n) is 4.67. The first kappa shape index (κ1) is 21.9. The van der Waals surface area contributed by atoms with Gasteiger partial charge in [0.2, 0.25) is 11.8 Å². The van der Waals surface area contributed by atoms with Gasteiger partial charge in [-0.2, -0.15) is 0 Å². The van der Waals surface area contributed by atoms with Crippen molar-refractivity contribution in [2.45, 2.75) is 44.6 Å². The van der Waals surface area contributed by atoms with Crippen molar-refractivity contribution in [3.05, 3.63) is 77.9 Å². The van der Waals surface area contributed by atoms with E-state index in [9.17, 15) is 14.7 Å². The number of carbonyl (C=O) groups is 2. The van der Waals surface area contributed by atoms with E-state index in [1.54, 1.807) is 6.07 Å². The summed E-state index contributed by atoms with van der Waals surface area (Å²) in [6, 6.07) is 20.3. The van der Waals surface area contributed by atoms with E-state index in [4.69, 9.17) is 0 Å². The highest BCUT2D eigenvalue weighted by molar-refractivity contribution is 5.90. The quantitative estimate of drug-likeness (QED) is 0.502.